The maximum Gasteiger partial charge on any atom is 0.406 e. The zero-order valence-corrected chi connectivity index (χ0v) is 15.4. The van der Waals surface area contributed by atoms with Gasteiger partial charge in [0.25, 0.3) is 0 Å². The van der Waals surface area contributed by atoms with Gasteiger partial charge in [-0.25, -0.2) is 14.6 Å². The molecule has 0 saturated heterocycles. The molecular weight excluding hydrogens is 364 g/mol. The summed E-state index contributed by atoms with van der Waals surface area (Å²) in [4.78, 5) is 28.7. The summed E-state index contributed by atoms with van der Waals surface area (Å²) in [5.41, 5.74) is 0.480. The molecule has 0 fully saturated rings. The predicted molar refractivity (Wildman–Crippen MR) is 98.8 cm³/mol. The third-order valence-electron chi connectivity index (χ3n) is 3.94. The van der Waals surface area contributed by atoms with E-state index in [0.717, 1.165) is 7.11 Å². The molecule has 0 aliphatic rings. The number of methoxy groups -OCH3 is 1. The van der Waals surface area contributed by atoms with Gasteiger partial charge in [-0.3, -0.25) is 0 Å². The molecule has 0 saturated carbocycles. The minimum Gasteiger partial charge on any atom is -0.618 e. The first-order valence-corrected chi connectivity index (χ1v) is 8.54. The van der Waals surface area contributed by atoms with Gasteiger partial charge in [0.1, 0.15) is 17.9 Å². The third-order valence-corrected chi connectivity index (χ3v) is 3.94. The molecule has 0 radical (unpaired) electrons. The van der Waals surface area contributed by atoms with Crippen LogP contribution in [-0.2, 0) is 16.1 Å². The summed E-state index contributed by atoms with van der Waals surface area (Å²) in [6.45, 7) is 1.89. The number of hydrogen-bond acceptors (Lipinski definition) is 7. The van der Waals surface area contributed by atoms with E-state index in [1.54, 1.807) is 42.5 Å². The highest BCUT2D eigenvalue weighted by molar-refractivity contribution is 5.90. The molecule has 0 bridgehead atoms. The van der Waals surface area contributed by atoms with E-state index >= 15 is 0 Å². The molecule has 0 spiro atoms. The normalized spacial score (nSPS) is 10.5. The molecular formula is C20H18N2O6. The first-order valence-electron chi connectivity index (χ1n) is 8.54. The van der Waals surface area contributed by atoms with E-state index in [-0.39, 0.29) is 23.5 Å². The molecule has 1 heterocycles. The Bertz CT molecular complexity index is 1020. The molecule has 2 aromatic carbocycles. The number of nitrogens with zero attached hydrogens (tertiary/aromatic N) is 2. The van der Waals surface area contributed by atoms with Crippen LogP contribution in [0, 0.1) is 5.21 Å². The van der Waals surface area contributed by atoms with Crippen molar-refractivity contribution in [3.05, 3.63) is 70.7 Å². The fraction of sp³-hybridized carbons (Fsp3) is 0.200. The highest BCUT2D eigenvalue weighted by Gasteiger charge is 2.28. The summed E-state index contributed by atoms with van der Waals surface area (Å²) < 4.78 is 15.7. The lowest BCUT2D eigenvalue weighted by Gasteiger charge is -2.12. The maximum atomic E-state index is 12.8. The smallest absolute Gasteiger partial charge is 0.406 e. The lowest BCUT2D eigenvalue weighted by atomic mass is 10.2. The molecule has 8 heteroatoms. The van der Waals surface area contributed by atoms with Crippen molar-refractivity contribution in [1.29, 1.82) is 0 Å². The summed E-state index contributed by atoms with van der Waals surface area (Å²) >= 11 is 0. The zero-order chi connectivity index (χ0) is 20.1. The van der Waals surface area contributed by atoms with Crippen molar-refractivity contribution >= 4 is 23.0 Å². The fourth-order valence-corrected chi connectivity index (χ4v) is 2.64. The topological polar surface area (TPSA) is 102 Å². The van der Waals surface area contributed by atoms with E-state index in [1.807, 2.05) is 6.92 Å². The molecule has 0 aliphatic heterocycles. The average molecular weight is 382 g/mol. The van der Waals surface area contributed by atoms with Gasteiger partial charge in [-0.15, -0.1) is 0 Å². The molecule has 0 N–H and O–H groups in total. The standard InChI is InChI=1S/C20H18N2O6/c1-3-27-14-9-10-15-17(11-14)22(25)18(20(24)26-2)16(21-15)12-28-19(23)13-7-5-4-6-8-13/h4-11H,3,12H2,1-2H3. The molecule has 0 unspecified atom stereocenters. The number of rotatable bonds is 6. The van der Waals surface area contributed by atoms with Crippen LogP contribution in [-0.4, -0.2) is 30.6 Å². The molecule has 28 heavy (non-hydrogen) atoms. The maximum absolute atomic E-state index is 12.8. The van der Waals surface area contributed by atoms with Crippen LogP contribution in [0.1, 0.15) is 33.5 Å². The van der Waals surface area contributed by atoms with Gasteiger partial charge in [0.2, 0.25) is 5.52 Å². The van der Waals surface area contributed by atoms with Gasteiger partial charge < -0.3 is 19.4 Å². The second kappa shape index (κ2) is 8.34. The number of esters is 2. The van der Waals surface area contributed by atoms with Crippen molar-refractivity contribution in [2.45, 2.75) is 13.5 Å². The highest BCUT2D eigenvalue weighted by atomic mass is 16.5. The molecule has 0 amide bonds. The molecule has 8 nitrogen and oxygen atoms in total. The van der Waals surface area contributed by atoms with Crippen LogP contribution in [0.5, 0.6) is 5.75 Å². The van der Waals surface area contributed by atoms with Gasteiger partial charge in [0, 0.05) is 0 Å². The second-order valence-corrected chi connectivity index (χ2v) is 5.72. The lowest BCUT2D eigenvalue weighted by molar-refractivity contribution is -0.581. The average Bonchev–Trinajstić information content (AvgIpc) is 2.73. The summed E-state index contributed by atoms with van der Waals surface area (Å²) in [6, 6.07) is 13.1. The number of aromatic nitrogens is 2. The Morgan fingerprint density at radius 1 is 1.11 bits per heavy atom. The zero-order valence-electron chi connectivity index (χ0n) is 15.4. The Morgan fingerprint density at radius 2 is 1.86 bits per heavy atom. The van der Waals surface area contributed by atoms with Crippen LogP contribution in [0.25, 0.3) is 11.0 Å². The van der Waals surface area contributed by atoms with Crippen LogP contribution in [0.3, 0.4) is 0 Å². The van der Waals surface area contributed by atoms with Crippen molar-refractivity contribution in [2.75, 3.05) is 13.7 Å². The van der Waals surface area contributed by atoms with Gasteiger partial charge in [0.15, 0.2) is 5.69 Å². The first-order chi connectivity index (χ1) is 13.5. The van der Waals surface area contributed by atoms with Crippen molar-refractivity contribution in [3.63, 3.8) is 0 Å². The Hall–Kier alpha value is -3.68. The van der Waals surface area contributed by atoms with E-state index in [9.17, 15) is 14.8 Å². The molecule has 3 aromatic rings. The van der Waals surface area contributed by atoms with Crippen molar-refractivity contribution < 1.29 is 28.5 Å². The fourth-order valence-electron chi connectivity index (χ4n) is 2.64. The van der Waals surface area contributed by atoms with E-state index in [4.69, 9.17) is 14.2 Å². The monoisotopic (exact) mass is 382 g/mol. The molecule has 144 valence electrons. The molecule has 0 atom stereocenters. The largest absolute Gasteiger partial charge is 0.618 e. The van der Waals surface area contributed by atoms with Gasteiger partial charge in [0.05, 0.1) is 25.3 Å². The summed E-state index contributed by atoms with van der Waals surface area (Å²) in [6.07, 6.45) is 0. The van der Waals surface area contributed by atoms with Crippen molar-refractivity contribution in [1.82, 2.24) is 4.98 Å². The van der Waals surface area contributed by atoms with Gasteiger partial charge in [-0.05, 0) is 31.2 Å². The second-order valence-electron chi connectivity index (χ2n) is 5.72. The molecule has 0 aliphatic carbocycles. The van der Waals surface area contributed by atoms with Crippen LogP contribution in [0.15, 0.2) is 48.5 Å². The SMILES string of the molecule is CCOc1ccc2nc(COC(=O)c3ccccc3)c(C(=O)OC)[n+]([O-])c2c1. The van der Waals surface area contributed by atoms with E-state index in [1.165, 1.54) is 6.07 Å². The number of benzene rings is 2. The molecule has 3 rings (SSSR count). The number of fused-ring (bicyclic) bond motifs is 1. The van der Waals surface area contributed by atoms with Crippen LogP contribution in [0.4, 0.5) is 0 Å². The number of hydrogen-bond donors (Lipinski definition) is 0. The third kappa shape index (κ3) is 3.85. The quantitative estimate of drug-likeness (QED) is 0.366. The first kappa shape index (κ1) is 19.1. The summed E-state index contributed by atoms with van der Waals surface area (Å²) in [7, 11) is 1.16. The predicted octanol–water partition coefficient (Wildman–Crippen LogP) is 2.41. The van der Waals surface area contributed by atoms with Crippen molar-refractivity contribution in [2.24, 2.45) is 0 Å². The number of ether oxygens (including phenoxy) is 3. The summed E-state index contributed by atoms with van der Waals surface area (Å²) in [5.74, 6) is -1.00. The Kier molecular flexibility index (Phi) is 5.69. The highest BCUT2D eigenvalue weighted by Crippen LogP contribution is 2.19. The minimum absolute atomic E-state index is 0.00258. The van der Waals surface area contributed by atoms with Crippen LogP contribution >= 0.6 is 0 Å². The van der Waals surface area contributed by atoms with Gasteiger partial charge in [-0.1, -0.05) is 18.2 Å². The van der Waals surface area contributed by atoms with Crippen molar-refractivity contribution in [3.8, 4) is 5.75 Å². The Balaban J connectivity index is 1.99. The Labute approximate surface area is 160 Å². The van der Waals surface area contributed by atoms with E-state index in [2.05, 4.69) is 4.98 Å². The van der Waals surface area contributed by atoms with Gasteiger partial charge >= 0.3 is 17.6 Å². The van der Waals surface area contributed by atoms with E-state index in [0.29, 0.717) is 28.2 Å². The number of carbonyl (C=O) groups is 2. The number of carbonyl (C=O) groups excluding carboxylic acids is 2. The van der Waals surface area contributed by atoms with Crippen LogP contribution < -0.4 is 9.47 Å². The van der Waals surface area contributed by atoms with Crippen LogP contribution in [0.2, 0.25) is 0 Å². The molecule has 1 aromatic heterocycles. The summed E-state index contributed by atoms with van der Waals surface area (Å²) in [5, 5.41) is 12.8. The van der Waals surface area contributed by atoms with Gasteiger partial charge in [-0.2, -0.15) is 4.73 Å². The lowest BCUT2D eigenvalue weighted by Crippen LogP contribution is -2.38. The van der Waals surface area contributed by atoms with E-state index < -0.39 is 11.9 Å². The minimum atomic E-state index is -0.878. The Morgan fingerprint density at radius 3 is 2.54 bits per heavy atom.